The van der Waals surface area contributed by atoms with E-state index >= 15 is 0 Å². The molecule has 3 heteroatoms. The summed E-state index contributed by atoms with van der Waals surface area (Å²) in [6, 6.07) is 20.9. The highest BCUT2D eigenvalue weighted by Crippen LogP contribution is 2.51. The quantitative estimate of drug-likeness (QED) is 0.779. The lowest BCUT2D eigenvalue weighted by Gasteiger charge is -2.31. The maximum atomic E-state index is 9.27. The monoisotopic (exact) mass is 299 g/mol. The third-order valence-electron chi connectivity index (χ3n) is 5.03. The predicted octanol–water partition coefficient (Wildman–Crippen LogP) is 3.93. The molecule has 0 saturated heterocycles. The first-order valence-electron chi connectivity index (χ1n) is 7.80. The molecule has 1 aliphatic rings. The average Bonchev–Trinajstić information content (AvgIpc) is 3.21. The van der Waals surface area contributed by atoms with Gasteiger partial charge in [0.25, 0.3) is 0 Å². The van der Waals surface area contributed by atoms with E-state index in [-0.39, 0.29) is 11.3 Å². The van der Waals surface area contributed by atoms with Crippen molar-refractivity contribution in [2.45, 2.75) is 24.7 Å². The van der Waals surface area contributed by atoms with Crippen molar-refractivity contribution in [1.82, 2.24) is 10.2 Å². The SMILES string of the molecule is CC1(c2ccn[nH]2)Cc2ccc(C#N)cc2C1c1ccccc1. The summed E-state index contributed by atoms with van der Waals surface area (Å²) in [7, 11) is 0. The topological polar surface area (TPSA) is 52.5 Å². The van der Waals surface area contributed by atoms with Gasteiger partial charge in [0.2, 0.25) is 0 Å². The number of rotatable bonds is 2. The zero-order valence-electron chi connectivity index (χ0n) is 13.0. The summed E-state index contributed by atoms with van der Waals surface area (Å²) in [5.41, 5.74) is 5.62. The molecule has 0 aliphatic heterocycles. The third-order valence-corrected chi connectivity index (χ3v) is 5.03. The molecule has 0 spiro atoms. The Labute approximate surface area is 135 Å². The number of aromatic nitrogens is 2. The summed E-state index contributed by atoms with van der Waals surface area (Å²) in [4.78, 5) is 0. The van der Waals surface area contributed by atoms with Crippen LogP contribution in [0, 0.1) is 11.3 Å². The number of H-pyrrole nitrogens is 1. The van der Waals surface area contributed by atoms with E-state index in [9.17, 15) is 5.26 Å². The van der Waals surface area contributed by atoms with Gasteiger partial charge < -0.3 is 0 Å². The fourth-order valence-corrected chi connectivity index (χ4v) is 3.95. The van der Waals surface area contributed by atoms with E-state index in [0.717, 1.165) is 17.7 Å². The number of nitriles is 1. The molecule has 3 aromatic rings. The highest BCUT2D eigenvalue weighted by molar-refractivity contribution is 5.53. The Morgan fingerprint density at radius 3 is 2.70 bits per heavy atom. The van der Waals surface area contributed by atoms with E-state index < -0.39 is 0 Å². The van der Waals surface area contributed by atoms with Crippen LogP contribution in [0.1, 0.15) is 40.8 Å². The molecule has 0 bridgehead atoms. The average molecular weight is 299 g/mol. The summed E-state index contributed by atoms with van der Waals surface area (Å²) < 4.78 is 0. The number of hydrogen-bond acceptors (Lipinski definition) is 2. The van der Waals surface area contributed by atoms with Gasteiger partial charge in [0.1, 0.15) is 0 Å². The molecule has 1 heterocycles. The number of nitrogens with one attached hydrogen (secondary N) is 1. The number of hydrogen-bond donors (Lipinski definition) is 1. The van der Waals surface area contributed by atoms with Crippen LogP contribution in [-0.2, 0) is 11.8 Å². The second kappa shape index (κ2) is 5.10. The van der Waals surface area contributed by atoms with Crippen LogP contribution in [0.3, 0.4) is 0 Å². The van der Waals surface area contributed by atoms with Gasteiger partial charge in [0, 0.05) is 23.2 Å². The van der Waals surface area contributed by atoms with Crippen LogP contribution in [-0.4, -0.2) is 10.2 Å². The smallest absolute Gasteiger partial charge is 0.0991 e. The van der Waals surface area contributed by atoms with Crippen molar-refractivity contribution >= 4 is 0 Å². The molecule has 0 saturated carbocycles. The number of nitrogens with zero attached hydrogens (tertiary/aromatic N) is 2. The van der Waals surface area contributed by atoms with Gasteiger partial charge >= 0.3 is 0 Å². The fraction of sp³-hybridized carbons (Fsp3) is 0.200. The molecule has 3 nitrogen and oxygen atoms in total. The minimum Gasteiger partial charge on any atom is -0.282 e. The Morgan fingerprint density at radius 1 is 1.17 bits per heavy atom. The molecule has 1 N–H and O–H groups in total. The molecule has 2 unspecified atom stereocenters. The molecule has 1 aromatic heterocycles. The van der Waals surface area contributed by atoms with E-state index in [0.29, 0.717) is 0 Å². The van der Waals surface area contributed by atoms with Gasteiger partial charge in [-0.3, -0.25) is 5.10 Å². The second-order valence-electron chi connectivity index (χ2n) is 6.43. The molecule has 2 aromatic carbocycles. The Bertz CT molecular complexity index is 875. The summed E-state index contributed by atoms with van der Waals surface area (Å²) in [5, 5.41) is 16.6. The van der Waals surface area contributed by atoms with E-state index in [1.807, 2.05) is 18.3 Å². The number of aromatic amines is 1. The molecule has 2 atom stereocenters. The van der Waals surface area contributed by atoms with Crippen LogP contribution in [0.2, 0.25) is 0 Å². The van der Waals surface area contributed by atoms with Gasteiger partial charge in [-0.05, 0) is 41.3 Å². The van der Waals surface area contributed by atoms with Crippen molar-refractivity contribution in [1.29, 1.82) is 5.26 Å². The van der Waals surface area contributed by atoms with Gasteiger partial charge in [-0.25, -0.2) is 0 Å². The first kappa shape index (κ1) is 13.8. The standard InChI is InChI=1S/C20H17N3/c1-20(18-9-10-22-23-18)12-16-8-7-14(13-21)11-17(16)19(20)15-5-3-2-4-6-15/h2-11,19H,12H2,1H3,(H,22,23). The molecule has 112 valence electrons. The highest BCUT2D eigenvalue weighted by Gasteiger charge is 2.45. The van der Waals surface area contributed by atoms with Crippen LogP contribution in [0.25, 0.3) is 0 Å². The van der Waals surface area contributed by atoms with Crippen LogP contribution in [0.15, 0.2) is 60.8 Å². The minimum absolute atomic E-state index is 0.0890. The lowest BCUT2D eigenvalue weighted by molar-refractivity contribution is 0.435. The summed E-state index contributed by atoms with van der Waals surface area (Å²) in [6.45, 7) is 2.28. The molecule has 0 fully saturated rings. The van der Waals surface area contributed by atoms with Crippen molar-refractivity contribution in [3.63, 3.8) is 0 Å². The molecule has 1 aliphatic carbocycles. The van der Waals surface area contributed by atoms with Crippen molar-refractivity contribution in [3.05, 3.63) is 88.7 Å². The molecule has 23 heavy (non-hydrogen) atoms. The maximum absolute atomic E-state index is 9.27. The first-order chi connectivity index (χ1) is 11.2. The minimum atomic E-state index is -0.0890. The molecular formula is C20H17N3. The summed E-state index contributed by atoms with van der Waals surface area (Å²) >= 11 is 0. The first-order valence-corrected chi connectivity index (χ1v) is 7.80. The van der Waals surface area contributed by atoms with Gasteiger partial charge in [0.05, 0.1) is 11.6 Å². The van der Waals surface area contributed by atoms with Crippen LogP contribution < -0.4 is 0 Å². The highest BCUT2D eigenvalue weighted by atomic mass is 15.1. The Morgan fingerprint density at radius 2 is 2.00 bits per heavy atom. The van der Waals surface area contributed by atoms with Gasteiger partial charge in [0.15, 0.2) is 0 Å². The fourth-order valence-electron chi connectivity index (χ4n) is 3.95. The molecule has 0 radical (unpaired) electrons. The number of fused-ring (bicyclic) bond motifs is 1. The van der Waals surface area contributed by atoms with Crippen molar-refractivity contribution in [3.8, 4) is 6.07 Å². The van der Waals surface area contributed by atoms with Crippen LogP contribution in [0.4, 0.5) is 0 Å². The zero-order valence-corrected chi connectivity index (χ0v) is 13.0. The van der Waals surface area contributed by atoms with E-state index in [1.54, 1.807) is 0 Å². The zero-order chi connectivity index (χ0) is 15.9. The van der Waals surface area contributed by atoms with Gasteiger partial charge in [-0.2, -0.15) is 10.4 Å². The van der Waals surface area contributed by atoms with E-state index in [2.05, 4.69) is 65.7 Å². The molecular weight excluding hydrogens is 282 g/mol. The van der Waals surface area contributed by atoms with Gasteiger partial charge in [-0.15, -0.1) is 0 Å². The van der Waals surface area contributed by atoms with Gasteiger partial charge in [-0.1, -0.05) is 43.3 Å². The largest absolute Gasteiger partial charge is 0.282 e. The maximum Gasteiger partial charge on any atom is 0.0991 e. The molecule has 4 rings (SSSR count). The van der Waals surface area contributed by atoms with Crippen molar-refractivity contribution in [2.24, 2.45) is 0 Å². The van der Waals surface area contributed by atoms with E-state index in [1.165, 1.54) is 16.7 Å². The normalized spacial score (nSPS) is 22.5. The van der Waals surface area contributed by atoms with E-state index in [4.69, 9.17) is 0 Å². The second-order valence-corrected chi connectivity index (χ2v) is 6.43. The number of benzene rings is 2. The van der Waals surface area contributed by atoms with Crippen molar-refractivity contribution < 1.29 is 0 Å². The summed E-state index contributed by atoms with van der Waals surface area (Å²) in [6.07, 6.45) is 2.75. The van der Waals surface area contributed by atoms with Crippen LogP contribution >= 0.6 is 0 Å². The van der Waals surface area contributed by atoms with Crippen molar-refractivity contribution in [2.75, 3.05) is 0 Å². The Kier molecular flexibility index (Phi) is 3.06. The lowest BCUT2D eigenvalue weighted by Crippen LogP contribution is -2.28. The predicted molar refractivity (Wildman–Crippen MR) is 89.1 cm³/mol. The Balaban J connectivity index is 1.94. The Hall–Kier alpha value is -2.86. The third kappa shape index (κ3) is 2.07. The molecule has 0 amide bonds. The van der Waals surface area contributed by atoms with Crippen LogP contribution in [0.5, 0.6) is 0 Å². The summed E-state index contributed by atoms with van der Waals surface area (Å²) in [5.74, 6) is 0.215. The lowest BCUT2D eigenvalue weighted by atomic mass is 9.72.